The SMILES string of the molecule is Cc1cccc(C(NCCC(C)C)C(=O)O)c1. The van der Waals surface area contributed by atoms with Crippen molar-refractivity contribution in [3.63, 3.8) is 0 Å². The molecule has 0 aromatic heterocycles. The number of aliphatic carboxylic acids is 1. The molecule has 0 aliphatic heterocycles. The van der Waals surface area contributed by atoms with E-state index in [0.717, 1.165) is 24.1 Å². The molecular formula is C14H21NO2. The Morgan fingerprint density at radius 3 is 2.65 bits per heavy atom. The second-order valence-corrected chi connectivity index (χ2v) is 4.82. The number of rotatable bonds is 6. The van der Waals surface area contributed by atoms with Gasteiger partial charge in [-0.3, -0.25) is 4.79 Å². The predicted molar refractivity (Wildman–Crippen MR) is 69.0 cm³/mol. The van der Waals surface area contributed by atoms with Gasteiger partial charge in [0.2, 0.25) is 0 Å². The molecule has 1 aromatic carbocycles. The van der Waals surface area contributed by atoms with Gasteiger partial charge in [-0.05, 0) is 31.4 Å². The Morgan fingerprint density at radius 2 is 2.12 bits per heavy atom. The number of hydrogen-bond acceptors (Lipinski definition) is 2. The van der Waals surface area contributed by atoms with Crippen LogP contribution in [0.2, 0.25) is 0 Å². The molecule has 2 N–H and O–H groups in total. The van der Waals surface area contributed by atoms with E-state index in [1.807, 2.05) is 31.2 Å². The molecule has 0 aliphatic rings. The van der Waals surface area contributed by atoms with Crippen LogP contribution in [-0.4, -0.2) is 17.6 Å². The van der Waals surface area contributed by atoms with Gasteiger partial charge in [-0.2, -0.15) is 0 Å². The van der Waals surface area contributed by atoms with Gasteiger partial charge in [-0.25, -0.2) is 0 Å². The summed E-state index contributed by atoms with van der Waals surface area (Å²) in [5, 5.41) is 12.3. The zero-order valence-corrected chi connectivity index (χ0v) is 10.7. The van der Waals surface area contributed by atoms with Crippen molar-refractivity contribution in [2.75, 3.05) is 6.54 Å². The van der Waals surface area contributed by atoms with Crippen LogP contribution >= 0.6 is 0 Å². The Bertz CT molecular complexity index is 374. The van der Waals surface area contributed by atoms with Crippen molar-refractivity contribution in [2.45, 2.75) is 33.2 Å². The monoisotopic (exact) mass is 235 g/mol. The molecule has 3 nitrogen and oxygen atoms in total. The highest BCUT2D eigenvalue weighted by Gasteiger charge is 2.18. The van der Waals surface area contributed by atoms with Crippen molar-refractivity contribution in [1.29, 1.82) is 0 Å². The minimum Gasteiger partial charge on any atom is -0.480 e. The number of aryl methyl sites for hydroxylation is 1. The first kappa shape index (κ1) is 13.7. The van der Waals surface area contributed by atoms with Crippen LogP contribution < -0.4 is 5.32 Å². The molecule has 0 amide bonds. The van der Waals surface area contributed by atoms with Gasteiger partial charge in [0.15, 0.2) is 0 Å². The molecule has 0 fully saturated rings. The third-order valence-electron chi connectivity index (χ3n) is 2.69. The van der Waals surface area contributed by atoms with Gasteiger partial charge in [0.25, 0.3) is 0 Å². The summed E-state index contributed by atoms with van der Waals surface area (Å²) in [6.07, 6.45) is 0.982. The van der Waals surface area contributed by atoms with Gasteiger partial charge in [0, 0.05) is 0 Å². The molecular weight excluding hydrogens is 214 g/mol. The summed E-state index contributed by atoms with van der Waals surface area (Å²) in [7, 11) is 0. The Labute approximate surface area is 103 Å². The van der Waals surface area contributed by atoms with Crippen LogP contribution in [0.25, 0.3) is 0 Å². The van der Waals surface area contributed by atoms with Crippen molar-refractivity contribution in [3.05, 3.63) is 35.4 Å². The molecule has 1 unspecified atom stereocenters. The van der Waals surface area contributed by atoms with Gasteiger partial charge < -0.3 is 10.4 Å². The van der Waals surface area contributed by atoms with Gasteiger partial charge >= 0.3 is 5.97 Å². The van der Waals surface area contributed by atoms with Crippen LogP contribution in [-0.2, 0) is 4.79 Å². The predicted octanol–water partition coefficient (Wildman–Crippen LogP) is 2.76. The largest absolute Gasteiger partial charge is 0.480 e. The molecule has 0 saturated carbocycles. The van der Waals surface area contributed by atoms with E-state index in [-0.39, 0.29) is 0 Å². The molecule has 0 radical (unpaired) electrons. The third-order valence-corrected chi connectivity index (χ3v) is 2.69. The number of carboxylic acid groups (broad SMARTS) is 1. The lowest BCUT2D eigenvalue weighted by Crippen LogP contribution is -2.29. The van der Waals surface area contributed by atoms with Crippen LogP contribution in [0.15, 0.2) is 24.3 Å². The highest BCUT2D eigenvalue weighted by Crippen LogP contribution is 2.15. The molecule has 0 heterocycles. The van der Waals surface area contributed by atoms with E-state index < -0.39 is 12.0 Å². The molecule has 3 heteroatoms. The lowest BCUT2D eigenvalue weighted by Gasteiger charge is -2.16. The minimum absolute atomic E-state index is 0.578. The van der Waals surface area contributed by atoms with Crippen LogP contribution in [0.4, 0.5) is 0 Å². The normalized spacial score (nSPS) is 12.7. The number of hydrogen-bond donors (Lipinski definition) is 2. The highest BCUT2D eigenvalue weighted by molar-refractivity contribution is 5.75. The Balaban J connectivity index is 2.69. The number of nitrogens with one attached hydrogen (secondary N) is 1. The third kappa shape index (κ3) is 4.57. The van der Waals surface area contributed by atoms with Gasteiger partial charge in [0.05, 0.1) is 0 Å². The average molecular weight is 235 g/mol. The molecule has 1 aromatic rings. The fraction of sp³-hybridized carbons (Fsp3) is 0.500. The number of benzene rings is 1. The molecule has 0 aliphatic carbocycles. The van der Waals surface area contributed by atoms with Crippen molar-refractivity contribution < 1.29 is 9.90 Å². The van der Waals surface area contributed by atoms with E-state index in [1.165, 1.54) is 0 Å². The van der Waals surface area contributed by atoms with Crippen molar-refractivity contribution >= 4 is 5.97 Å². The highest BCUT2D eigenvalue weighted by atomic mass is 16.4. The van der Waals surface area contributed by atoms with E-state index in [1.54, 1.807) is 0 Å². The topological polar surface area (TPSA) is 49.3 Å². The fourth-order valence-electron chi connectivity index (χ4n) is 1.71. The molecule has 0 bridgehead atoms. The zero-order valence-electron chi connectivity index (χ0n) is 10.7. The van der Waals surface area contributed by atoms with E-state index in [9.17, 15) is 9.90 Å². The van der Waals surface area contributed by atoms with Crippen LogP contribution in [0.3, 0.4) is 0 Å². The minimum atomic E-state index is -0.820. The quantitative estimate of drug-likeness (QED) is 0.797. The maximum atomic E-state index is 11.2. The lowest BCUT2D eigenvalue weighted by molar-refractivity contribution is -0.139. The van der Waals surface area contributed by atoms with Crippen LogP contribution in [0.5, 0.6) is 0 Å². The van der Waals surface area contributed by atoms with Crippen LogP contribution in [0, 0.1) is 12.8 Å². The maximum Gasteiger partial charge on any atom is 0.325 e. The Hall–Kier alpha value is -1.35. The molecule has 94 valence electrons. The van der Waals surface area contributed by atoms with Crippen molar-refractivity contribution in [1.82, 2.24) is 5.32 Å². The van der Waals surface area contributed by atoms with Gasteiger partial charge in [0.1, 0.15) is 6.04 Å². The standard InChI is InChI=1S/C14H21NO2/c1-10(2)7-8-15-13(14(16)17)12-6-4-5-11(3)9-12/h4-6,9-10,13,15H,7-8H2,1-3H3,(H,16,17). The zero-order chi connectivity index (χ0) is 12.8. The lowest BCUT2D eigenvalue weighted by atomic mass is 10.0. The van der Waals surface area contributed by atoms with Gasteiger partial charge in [-0.15, -0.1) is 0 Å². The summed E-state index contributed by atoms with van der Waals surface area (Å²) in [4.78, 5) is 11.2. The van der Waals surface area contributed by atoms with E-state index in [0.29, 0.717) is 5.92 Å². The molecule has 17 heavy (non-hydrogen) atoms. The average Bonchev–Trinajstić information content (AvgIpc) is 2.23. The molecule has 0 saturated heterocycles. The second-order valence-electron chi connectivity index (χ2n) is 4.82. The van der Waals surface area contributed by atoms with E-state index >= 15 is 0 Å². The first-order valence-electron chi connectivity index (χ1n) is 6.03. The maximum absolute atomic E-state index is 11.2. The summed E-state index contributed by atoms with van der Waals surface area (Å²) in [6, 6.07) is 7.03. The van der Waals surface area contributed by atoms with E-state index in [4.69, 9.17) is 0 Å². The van der Waals surface area contributed by atoms with Crippen LogP contribution in [0.1, 0.15) is 37.4 Å². The van der Waals surface area contributed by atoms with Gasteiger partial charge in [-0.1, -0.05) is 43.7 Å². The summed E-state index contributed by atoms with van der Waals surface area (Å²) < 4.78 is 0. The fourth-order valence-corrected chi connectivity index (χ4v) is 1.71. The Kier molecular flexibility index (Phi) is 5.16. The van der Waals surface area contributed by atoms with Crippen molar-refractivity contribution in [3.8, 4) is 0 Å². The number of carbonyl (C=O) groups is 1. The first-order valence-corrected chi connectivity index (χ1v) is 6.03. The summed E-state index contributed by atoms with van der Waals surface area (Å²) in [6.45, 7) is 6.95. The summed E-state index contributed by atoms with van der Waals surface area (Å²) in [5.41, 5.74) is 1.90. The molecule has 1 rings (SSSR count). The Morgan fingerprint density at radius 1 is 1.41 bits per heavy atom. The first-order chi connectivity index (χ1) is 8.00. The summed E-state index contributed by atoms with van der Waals surface area (Å²) in [5.74, 6) is -0.242. The number of carboxylic acids is 1. The smallest absolute Gasteiger partial charge is 0.325 e. The second kappa shape index (κ2) is 6.40. The molecule has 0 spiro atoms. The van der Waals surface area contributed by atoms with E-state index in [2.05, 4.69) is 19.2 Å². The summed E-state index contributed by atoms with van der Waals surface area (Å²) >= 11 is 0. The molecule has 1 atom stereocenters. The van der Waals surface area contributed by atoms with Crippen molar-refractivity contribution in [2.24, 2.45) is 5.92 Å².